The predicted molar refractivity (Wildman–Crippen MR) is 80.4 cm³/mol. The van der Waals surface area contributed by atoms with Gasteiger partial charge in [-0.25, -0.2) is 0 Å². The van der Waals surface area contributed by atoms with Gasteiger partial charge in [-0.3, -0.25) is 0 Å². The first-order valence-electron chi connectivity index (χ1n) is 7.34. The Labute approximate surface area is 121 Å². The highest BCUT2D eigenvalue weighted by atomic mass is 35.5. The van der Waals surface area contributed by atoms with Crippen molar-refractivity contribution in [1.29, 1.82) is 0 Å². The summed E-state index contributed by atoms with van der Waals surface area (Å²) in [5.74, 6) is 1.13. The normalized spacial score (nSPS) is 24.6. The molecule has 1 aliphatic carbocycles. The standard InChI is InChI=1S/C16H24ClNO/c1-2-16(12-6-8-15(17)9-7-12)18-10-13-4-3-5-14(13)11-19/h6-9,13-14,16,18-19H,2-5,10-11H2,1H3. The summed E-state index contributed by atoms with van der Waals surface area (Å²) in [6.45, 7) is 3.54. The molecule has 0 heterocycles. The predicted octanol–water partition coefficient (Wildman–Crippen LogP) is 3.79. The molecule has 0 aliphatic heterocycles. The van der Waals surface area contributed by atoms with Crippen LogP contribution in [0.4, 0.5) is 0 Å². The lowest BCUT2D eigenvalue weighted by atomic mass is 9.96. The number of rotatable bonds is 6. The quantitative estimate of drug-likeness (QED) is 0.831. The van der Waals surface area contributed by atoms with Crippen LogP contribution < -0.4 is 5.32 Å². The van der Waals surface area contributed by atoms with E-state index in [1.165, 1.54) is 24.8 Å². The van der Waals surface area contributed by atoms with Crippen LogP contribution in [-0.4, -0.2) is 18.3 Å². The third kappa shape index (κ3) is 3.95. The molecule has 19 heavy (non-hydrogen) atoms. The molecule has 106 valence electrons. The van der Waals surface area contributed by atoms with E-state index in [0.717, 1.165) is 18.0 Å². The molecule has 0 spiro atoms. The second kappa shape index (κ2) is 7.28. The topological polar surface area (TPSA) is 32.3 Å². The molecule has 3 atom stereocenters. The molecule has 0 radical (unpaired) electrons. The van der Waals surface area contributed by atoms with E-state index in [1.54, 1.807) is 0 Å². The smallest absolute Gasteiger partial charge is 0.0462 e. The zero-order valence-electron chi connectivity index (χ0n) is 11.6. The average Bonchev–Trinajstić information content (AvgIpc) is 2.89. The van der Waals surface area contributed by atoms with Crippen molar-refractivity contribution < 1.29 is 5.11 Å². The van der Waals surface area contributed by atoms with Gasteiger partial charge in [0.2, 0.25) is 0 Å². The molecule has 1 saturated carbocycles. The van der Waals surface area contributed by atoms with Crippen LogP contribution in [0.3, 0.4) is 0 Å². The van der Waals surface area contributed by atoms with Crippen molar-refractivity contribution in [2.24, 2.45) is 11.8 Å². The maximum atomic E-state index is 9.36. The Balaban J connectivity index is 1.90. The Hall–Kier alpha value is -0.570. The zero-order valence-corrected chi connectivity index (χ0v) is 12.4. The Bertz CT molecular complexity index is 379. The summed E-state index contributed by atoms with van der Waals surface area (Å²) in [5.41, 5.74) is 1.30. The molecule has 2 rings (SSSR count). The lowest BCUT2D eigenvalue weighted by molar-refractivity contribution is 0.190. The van der Waals surface area contributed by atoms with Gasteiger partial charge in [0.1, 0.15) is 0 Å². The highest BCUT2D eigenvalue weighted by Crippen LogP contribution is 2.31. The number of aliphatic hydroxyl groups is 1. The van der Waals surface area contributed by atoms with Gasteiger partial charge in [-0.15, -0.1) is 0 Å². The monoisotopic (exact) mass is 281 g/mol. The van der Waals surface area contributed by atoms with Crippen LogP contribution in [0, 0.1) is 11.8 Å². The van der Waals surface area contributed by atoms with Crippen LogP contribution in [0.25, 0.3) is 0 Å². The van der Waals surface area contributed by atoms with Crippen molar-refractivity contribution >= 4 is 11.6 Å². The molecule has 1 fully saturated rings. The van der Waals surface area contributed by atoms with Crippen molar-refractivity contribution in [3.8, 4) is 0 Å². The summed E-state index contributed by atoms with van der Waals surface area (Å²) >= 11 is 5.93. The van der Waals surface area contributed by atoms with Crippen LogP contribution in [0.2, 0.25) is 5.02 Å². The van der Waals surface area contributed by atoms with E-state index in [-0.39, 0.29) is 0 Å². The van der Waals surface area contributed by atoms with Gasteiger partial charge < -0.3 is 10.4 Å². The molecule has 1 aromatic rings. The number of halogens is 1. The molecular formula is C16H24ClNO. The Morgan fingerprint density at radius 2 is 1.95 bits per heavy atom. The summed E-state index contributed by atoms with van der Waals surface area (Å²) in [6, 6.07) is 8.49. The summed E-state index contributed by atoms with van der Waals surface area (Å²) in [6.07, 6.45) is 4.75. The molecule has 0 aromatic heterocycles. The summed E-state index contributed by atoms with van der Waals surface area (Å²) in [5, 5.41) is 13.8. The Morgan fingerprint density at radius 3 is 2.58 bits per heavy atom. The van der Waals surface area contributed by atoms with Crippen LogP contribution >= 0.6 is 11.6 Å². The van der Waals surface area contributed by atoms with Crippen molar-refractivity contribution in [2.75, 3.05) is 13.2 Å². The third-order valence-electron chi connectivity index (χ3n) is 4.36. The molecule has 0 amide bonds. The lowest BCUT2D eigenvalue weighted by Gasteiger charge is -2.23. The second-order valence-corrected chi connectivity index (χ2v) is 5.99. The van der Waals surface area contributed by atoms with E-state index in [9.17, 15) is 5.11 Å². The van der Waals surface area contributed by atoms with E-state index in [4.69, 9.17) is 11.6 Å². The van der Waals surface area contributed by atoms with E-state index in [1.807, 2.05) is 12.1 Å². The first-order chi connectivity index (χ1) is 9.24. The fraction of sp³-hybridized carbons (Fsp3) is 0.625. The molecule has 1 aliphatic rings. The third-order valence-corrected chi connectivity index (χ3v) is 4.61. The van der Waals surface area contributed by atoms with Gasteiger partial charge in [0.15, 0.2) is 0 Å². The van der Waals surface area contributed by atoms with Crippen molar-refractivity contribution in [2.45, 2.75) is 38.6 Å². The molecule has 1 aromatic carbocycles. The minimum atomic E-state index is 0.337. The minimum absolute atomic E-state index is 0.337. The maximum Gasteiger partial charge on any atom is 0.0462 e. The van der Waals surface area contributed by atoms with E-state index in [2.05, 4.69) is 24.4 Å². The number of nitrogens with one attached hydrogen (secondary N) is 1. The summed E-state index contributed by atoms with van der Waals surface area (Å²) < 4.78 is 0. The molecule has 2 nitrogen and oxygen atoms in total. The molecule has 0 saturated heterocycles. The van der Waals surface area contributed by atoms with E-state index < -0.39 is 0 Å². The average molecular weight is 282 g/mol. The Kier molecular flexibility index (Phi) is 5.68. The molecule has 0 bridgehead atoms. The van der Waals surface area contributed by atoms with Gasteiger partial charge in [0.05, 0.1) is 0 Å². The van der Waals surface area contributed by atoms with Crippen molar-refractivity contribution in [3.63, 3.8) is 0 Å². The van der Waals surface area contributed by atoms with Gasteiger partial charge in [-0.2, -0.15) is 0 Å². The van der Waals surface area contributed by atoms with Crippen molar-refractivity contribution in [1.82, 2.24) is 5.32 Å². The van der Waals surface area contributed by atoms with E-state index >= 15 is 0 Å². The fourth-order valence-corrected chi connectivity index (χ4v) is 3.24. The van der Waals surface area contributed by atoms with Crippen LogP contribution in [0.15, 0.2) is 24.3 Å². The number of aliphatic hydroxyl groups excluding tert-OH is 1. The largest absolute Gasteiger partial charge is 0.396 e. The zero-order chi connectivity index (χ0) is 13.7. The minimum Gasteiger partial charge on any atom is -0.396 e. The highest BCUT2D eigenvalue weighted by molar-refractivity contribution is 6.30. The molecule has 3 heteroatoms. The first-order valence-corrected chi connectivity index (χ1v) is 7.72. The lowest BCUT2D eigenvalue weighted by Crippen LogP contribution is -2.29. The number of hydrogen-bond acceptors (Lipinski definition) is 2. The molecule has 2 N–H and O–H groups in total. The first kappa shape index (κ1) is 14.8. The number of benzene rings is 1. The summed E-state index contributed by atoms with van der Waals surface area (Å²) in [4.78, 5) is 0. The van der Waals surface area contributed by atoms with Gasteiger partial charge in [-0.1, -0.05) is 37.1 Å². The summed E-state index contributed by atoms with van der Waals surface area (Å²) in [7, 11) is 0. The second-order valence-electron chi connectivity index (χ2n) is 5.55. The van der Waals surface area contributed by atoms with Crippen LogP contribution in [0.5, 0.6) is 0 Å². The highest BCUT2D eigenvalue weighted by Gasteiger charge is 2.26. The van der Waals surface area contributed by atoms with E-state index in [0.29, 0.717) is 24.5 Å². The fourth-order valence-electron chi connectivity index (χ4n) is 3.11. The van der Waals surface area contributed by atoms with Crippen molar-refractivity contribution in [3.05, 3.63) is 34.9 Å². The SMILES string of the molecule is CCC(NCC1CCCC1CO)c1ccc(Cl)cc1. The molecule has 3 unspecified atom stereocenters. The Morgan fingerprint density at radius 1 is 1.26 bits per heavy atom. The van der Waals surface area contributed by atoms with Gasteiger partial charge in [0.25, 0.3) is 0 Å². The number of hydrogen-bond donors (Lipinski definition) is 2. The van der Waals surface area contributed by atoms with Gasteiger partial charge in [0, 0.05) is 17.7 Å². The van der Waals surface area contributed by atoms with Crippen LogP contribution in [-0.2, 0) is 0 Å². The van der Waals surface area contributed by atoms with Gasteiger partial charge >= 0.3 is 0 Å². The molecular weight excluding hydrogens is 258 g/mol. The maximum absolute atomic E-state index is 9.36. The van der Waals surface area contributed by atoms with Crippen LogP contribution in [0.1, 0.15) is 44.2 Å². The van der Waals surface area contributed by atoms with Gasteiger partial charge in [-0.05, 0) is 55.3 Å².